The van der Waals surface area contributed by atoms with Crippen molar-refractivity contribution in [2.45, 2.75) is 13.3 Å². The van der Waals surface area contributed by atoms with E-state index in [1.807, 2.05) is 25.1 Å². The molecule has 0 aliphatic carbocycles. The van der Waals surface area contributed by atoms with E-state index >= 15 is 0 Å². The zero-order valence-electron chi connectivity index (χ0n) is 14.7. The second-order valence-electron chi connectivity index (χ2n) is 5.42. The maximum absolute atomic E-state index is 13.1. The van der Waals surface area contributed by atoms with Crippen molar-refractivity contribution < 1.29 is 9.18 Å². The highest BCUT2D eigenvalue weighted by Crippen LogP contribution is 2.08. The smallest absolute Gasteiger partial charge is 0.246 e. The van der Waals surface area contributed by atoms with Crippen molar-refractivity contribution in [1.82, 2.24) is 10.6 Å². The molecule has 3 N–H and O–H groups in total. The van der Waals surface area contributed by atoms with Crippen molar-refractivity contribution in [3.63, 3.8) is 0 Å². The van der Waals surface area contributed by atoms with Crippen LogP contribution in [-0.4, -0.2) is 31.5 Å². The van der Waals surface area contributed by atoms with Gasteiger partial charge >= 0.3 is 0 Å². The molecule has 0 bridgehead atoms. The summed E-state index contributed by atoms with van der Waals surface area (Å²) in [6.07, 6.45) is 0.862. The Bertz CT molecular complexity index is 710. The van der Waals surface area contributed by atoms with Gasteiger partial charge < -0.3 is 16.0 Å². The highest BCUT2D eigenvalue weighted by Gasteiger charge is 2.04. The largest absolute Gasteiger partial charge is 0.357 e. The summed E-state index contributed by atoms with van der Waals surface area (Å²) in [5.41, 5.74) is 1.65. The van der Waals surface area contributed by atoms with Crippen molar-refractivity contribution in [1.29, 1.82) is 0 Å². The van der Waals surface area contributed by atoms with Gasteiger partial charge in [0.25, 0.3) is 0 Å². The maximum Gasteiger partial charge on any atom is 0.246 e. The Morgan fingerprint density at radius 2 is 1.85 bits per heavy atom. The van der Waals surface area contributed by atoms with Crippen LogP contribution in [0.4, 0.5) is 10.1 Å². The summed E-state index contributed by atoms with van der Waals surface area (Å²) in [7, 11) is 0. The number of hydrogen-bond donors (Lipinski definition) is 3. The molecule has 0 aromatic heterocycles. The van der Waals surface area contributed by atoms with E-state index in [1.165, 1.54) is 17.7 Å². The summed E-state index contributed by atoms with van der Waals surface area (Å²) in [6.45, 7) is 3.32. The van der Waals surface area contributed by atoms with Gasteiger partial charge in [-0.05, 0) is 37.1 Å². The van der Waals surface area contributed by atoms with Crippen molar-refractivity contribution in [3.8, 4) is 0 Å². The summed E-state index contributed by atoms with van der Waals surface area (Å²) in [5.74, 6) is -0.115. The topological polar surface area (TPSA) is 65.5 Å². The lowest BCUT2D eigenvalue weighted by Crippen LogP contribution is -2.39. The van der Waals surface area contributed by atoms with Gasteiger partial charge in [-0.2, -0.15) is 0 Å². The molecule has 0 fully saturated rings. The van der Waals surface area contributed by atoms with Crippen LogP contribution in [0, 0.1) is 5.82 Å². The van der Waals surface area contributed by atoms with Crippen LogP contribution in [0.15, 0.2) is 59.6 Å². The van der Waals surface area contributed by atoms with Gasteiger partial charge in [0.1, 0.15) is 12.4 Å². The second-order valence-corrected chi connectivity index (χ2v) is 5.42. The third-order valence-electron chi connectivity index (χ3n) is 3.38. The van der Waals surface area contributed by atoms with Crippen molar-refractivity contribution in [2.24, 2.45) is 4.99 Å². The Morgan fingerprint density at radius 1 is 1.08 bits per heavy atom. The zero-order valence-corrected chi connectivity index (χ0v) is 17.0. The molecular weight excluding hydrogens is 446 g/mol. The third kappa shape index (κ3) is 8.28. The molecule has 0 unspecified atom stereocenters. The fourth-order valence-corrected chi connectivity index (χ4v) is 2.23. The molecule has 26 heavy (non-hydrogen) atoms. The first kappa shape index (κ1) is 21.9. The van der Waals surface area contributed by atoms with Crippen LogP contribution in [0.3, 0.4) is 0 Å². The van der Waals surface area contributed by atoms with Crippen LogP contribution < -0.4 is 16.0 Å². The first-order chi connectivity index (χ1) is 12.2. The van der Waals surface area contributed by atoms with Crippen LogP contribution in [-0.2, 0) is 11.2 Å². The summed E-state index contributed by atoms with van der Waals surface area (Å²) >= 11 is 0. The lowest BCUT2D eigenvalue weighted by molar-refractivity contribution is -0.114. The SMILES string of the molecule is CCNC(=NCC(=O)Nc1cccc(F)c1)NCCc1ccccc1.I. The van der Waals surface area contributed by atoms with E-state index in [2.05, 4.69) is 33.1 Å². The zero-order chi connectivity index (χ0) is 17.9. The summed E-state index contributed by atoms with van der Waals surface area (Å²) in [4.78, 5) is 16.2. The van der Waals surface area contributed by atoms with E-state index in [-0.39, 0.29) is 36.4 Å². The van der Waals surface area contributed by atoms with Gasteiger partial charge in [-0.3, -0.25) is 4.79 Å². The molecule has 1 amide bonds. The Kier molecular flexibility index (Phi) is 10.3. The monoisotopic (exact) mass is 470 g/mol. The molecule has 0 saturated carbocycles. The van der Waals surface area contributed by atoms with E-state index in [0.717, 1.165) is 6.42 Å². The predicted molar refractivity (Wildman–Crippen MR) is 115 cm³/mol. The van der Waals surface area contributed by atoms with Gasteiger partial charge in [0.15, 0.2) is 5.96 Å². The van der Waals surface area contributed by atoms with Crippen LogP contribution in [0.1, 0.15) is 12.5 Å². The molecule has 0 radical (unpaired) electrons. The predicted octanol–water partition coefficient (Wildman–Crippen LogP) is 3.18. The first-order valence-corrected chi connectivity index (χ1v) is 8.29. The second kappa shape index (κ2) is 12.2. The molecule has 0 saturated heterocycles. The number of anilines is 1. The van der Waals surface area contributed by atoms with E-state index in [9.17, 15) is 9.18 Å². The molecule has 2 aromatic rings. The summed E-state index contributed by atoms with van der Waals surface area (Å²) < 4.78 is 13.1. The number of benzene rings is 2. The fraction of sp³-hybridized carbons (Fsp3) is 0.263. The number of aliphatic imine (C=N–C) groups is 1. The number of nitrogens with one attached hydrogen (secondary N) is 3. The minimum absolute atomic E-state index is 0. The van der Waals surface area contributed by atoms with Crippen molar-refractivity contribution in [2.75, 3.05) is 25.0 Å². The highest BCUT2D eigenvalue weighted by atomic mass is 127. The van der Waals surface area contributed by atoms with E-state index in [1.54, 1.807) is 12.1 Å². The average molecular weight is 470 g/mol. The minimum atomic E-state index is -0.391. The minimum Gasteiger partial charge on any atom is -0.357 e. The number of hydrogen-bond acceptors (Lipinski definition) is 2. The number of carbonyl (C=O) groups excluding carboxylic acids is 1. The van der Waals surface area contributed by atoms with Crippen molar-refractivity contribution in [3.05, 3.63) is 66.0 Å². The number of amides is 1. The standard InChI is InChI=1S/C19H23FN4O.HI/c1-2-21-19(22-12-11-15-7-4-3-5-8-15)23-14-18(25)24-17-10-6-9-16(20)13-17;/h3-10,13H,2,11-12,14H2,1H3,(H,24,25)(H2,21,22,23);1H. The maximum atomic E-state index is 13.1. The normalized spacial score (nSPS) is 10.6. The van der Waals surface area contributed by atoms with Crippen LogP contribution >= 0.6 is 24.0 Å². The Balaban J connectivity index is 0.00000338. The van der Waals surface area contributed by atoms with Gasteiger partial charge in [-0.1, -0.05) is 36.4 Å². The number of nitrogens with zero attached hydrogens (tertiary/aromatic N) is 1. The molecule has 7 heteroatoms. The number of carbonyl (C=O) groups is 1. The van der Waals surface area contributed by atoms with Gasteiger partial charge in [-0.15, -0.1) is 24.0 Å². The molecule has 2 aromatic carbocycles. The molecule has 140 valence electrons. The summed E-state index contributed by atoms with van der Waals surface area (Å²) in [6, 6.07) is 15.9. The van der Waals surface area contributed by atoms with E-state index in [4.69, 9.17) is 0 Å². The van der Waals surface area contributed by atoms with E-state index < -0.39 is 5.82 Å². The lowest BCUT2D eigenvalue weighted by atomic mass is 10.1. The molecule has 5 nitrogen and oxygen atoms in total. The quantitative estimate of drug-likeness (QED) is 0.331. The third-order valence-corrected chi connectivity index (χ3v) is 3.38. The van der Waals surface area contributed by atoms with Crippen LogP contribution in [0.25, 0.3) is 0 Å². The molecule has 0 aliphatic rings. The van der Waals surface area contributed by atoms with Crippen molar-refractivity contribution >= 4 is 41.5 Å². The highest BCUT2D eigenvalue weighted by molar-refractivity contribution is 14.0. The molecule has 0 atom stereocenters. The molecular formula is C19H24FIN4O. The lowest BCUT2D eigenvalue weighted by Gasteiger charge is -2.11. The Morgan fingerprint density at radius 3 is 2.54 bits per heavy atom. The first-order valence-electron chi connectivity index (χ1n) is 8.29. The van der Waals surface area contributed by atoms with Gasteiger partial charge in [0, 0.05) is 18.8 Å². The molecule has 0 spiro atoms. The molecule has 2 rings (SSSR count). The van der Waals surface area contributed by atoms with E-state index in [0.29, 0.717) is 24.7 Å². The van der Waals surface area contributed by atoms with Crippen LogP contribution in [0.2, 0.25) is 0 Å². The average Bonchev–Trinajstić information content (AvgIpc) is 2.60. The Hall–Kier alpha value is -2.16. The number of halogens is 2. The van der Waals surface area contributed by atoms with Gasteiger partial charge in [-0.25, -0.2) is 9.38 Å². The van der Waals surface area contributed by atoms with Crippen LogP contribution in [0.5, 0.6) is 0 Å². The van der Waals surface area contributed by atoms with Gasteiger partial charge in [0.2, 0.25) is 5.91 Å². The fourth-order valence-electron chi connectivity index (χ4n) is 2.23. The van der Waals surface area contributed by atoms with Gasteiger partial charge in [0.05, 0.1) is 0 Å². The Labute approximate surface area is 170 Å². The number of guanidine groups is 1. The summed E-state index contributed by atoms with van der Waals surface area (Å²) in [5, 5.41) is 8.91. The number of rotatable bonds is 7. The molecule has 0 heterocycles. The molecule has 0 aliphatic heterocycles.